The fourth-order valence-corrected chi connectivity index (χ4v) is 1.62. The Kier molecular flexibility index (Phi) is 7.35. The Labute approximate surface area is 120 Å². The molecule has 2 N–H and O–H groups in total. The van der Waals surface area contributed by atoms with E-state index in [2.05, 4.69) is 29.1 Å². The van der Waals surface area contributed by atoms with Crippen molar-refractivity contribution in [3.63, 3.8) is 0 Å². The average molecular weight is 277 g/mol. The highest BCUT2D eigenvalue weighted by atomic mass is 16.5. The molecule has 1 heterocycles. The first kappa shape index (κ1) is 16.2. The van der Waals surface area contributed by atoms with E-state index in [1.807, 2.05) is 19.1 Å². The van der Waals surface area contributed by atoms with Crippen molar-refractivity contribution in [2.45, 2.75) is 26.8 Å². The number of ether oxygens (including phenoxy) is 1. The first-order valence-corrected chi connectivity index (χ1v) is 6.85. The van der Waals surface area contributed by atoms with Gasteiger partial charge in [0.25, 0.3) is 5.91 Å². The minimum absolute atomic E-state index is 0.0145. The van der Waals surface area contributed by atoms with Crippen LogP contribution in [-0.4, -0.2) is 30.6 Å². The third kappa shape index (κ3) is 5.84. The Bertz CT molecular complexity index is 447. The lowest BCUT2D eigenvalue weighted by Gasteiger charge is -2.12. The normalized spacial score (nSPS) is 10.1. The maximum Gasteiger partial charge on any atom is 0.258 e. The van der Waals surface area contributed by atoms with E-state index in [0.717, 1.165) is 24.4 Å². The van der Waals surface area contributed by atoms with Gasteiger partial charge in [-0.1, -0.05) is 13.0 Å². The first-order chi connectivity index (χ1) is 9.67. The SMILES string of the molecule is C=CCNC(=O)COc1ccc(C)nc1CNCCC. The summed E-state index contributed by atoms with van der Waals surface area (Å²) in [4.78, 5) is 15.9. The zero-order chi connectivity index (χ0) is 14.8. The van der Waals surface area contributed by atoms with Crippen LogP contribution < -0.4 is 15.4 Å². The smallest absolute Gasteiger partial charge is 0.258 e. The van der Waals surface area contributed by atoms with Gasteiger partial charge in [-0.05, 0) is 32.0 Å². The maximum absolute atomic E-state index is 11.5. The van der Waals surface area contributed by atoms with Crippen LogP contribution in [0.2, 0.25) is 0 Å². The van der Waals surface area contributed by atoms with Gasteiger partial charge in [0.1, 0.15) is 5.75 Å². The van der Waals surface area contributed by atoms with Gasteiger partial charge in [-0.15, -0.1) is 6.58 Å². The van der Waals surface area contributed by atoms with Crippen LogP contribution in [0.5, 0.6) is 5.75 Å². The van der Waals surface area contributed by atoms with Crippen molar-refractivity contribution in [1.29, 1.82) is 0 Å². The predicted molar refractivity (Wildman–Crippen MR) is 79.7 cm³/mol. The number of pyridine rings is 1. The topological polar surface area (TPSA) is 63.2 Å². The summed E-state index contributed by atoms with van der Waals surface area (Å²) in [6.45, 7) is 9.58. The second-order valence-corrected chi connectivity index (χ2v) is 4.46. The lowest BCUT2D eigenvalue weighted by molar-refractivity contribution is -0.122. The molecule has 5 heteroatoms. The van der Waals surface area contributed by atoms with E-state index in [-0.39, 0.29) is 12.5 Å². The number of aromatic nitrogens is 1. The molecular formula is C15H23N3O2. The van der Waals surface area contributed by atoms with E-state index in [4.69, 9.17) is 4.74 Å². The molecular weight excluding hydrogens is 254 g/mol. The van der Waals surface area contributed by atoms with Crippen LogP contribution in [0, 0.1) is 6.92 Å². The summed E-state index contributed by atoms with van der Waals surface area (Å²) in [5.41, 5.74) is 1.76. The van der Waals surface area contributed by atoms with Crippen LogP contribution >= 0.6 is 0 Å². The number of amides is 1. The van der Waals surface area contributed by atoms with Crippen LogP contribution in [0.3, 0.4) is 0 Å². The van der Waals surface area contributed by atoms with Gasteiger partial charge in [-0.3, -0.25) is 9.78 Å². The number of rotatable bonds is 9. The number of hydrogen-bond donors (Lipinski definition) is 2. The summed E-state index contributed by atoms with van der Waals surface area (Å²) >= 11 is 0. The number of nitrogens with zero attached hydrogens (tertiary/aromatic N) is 1. The lowest BCUT2D eigenvalue weighted by Crippen LogP contribution is -2.29. The van der Waals surface area contributed by atoms with Crippen molar-refractivity contribution in [1.82, 2.24) is 15.6 Å². The monoisotopic (exact) mass is 277 g/mol. The van der Waals surface area contributed by atoms with Gasteiger partial charge in [-0.25, -0.2) is 0 Å². The minimum Gasteiger partial charge on any atom is -0.482 e. The standard InChI is InChI=1S/C15H23N3O2/c1-4-8-16-10-13-14(7-6-12(3)18-13)20-11-15(19)17-9-5-2/h5-7,16H,2,4,8-11H2,1,3H3,(H,17,19). The van der Waals surface area contributed by atoms with Crippen LogP contribution in [0.15, 0.2) is 24.8 Å². The number of hydrogen-bond acceptors (Lipinski definition) is 4. The second-order valence-electron chi connectivity index (χ2n) is 4.46. The van der Waals surface area contributed by atoms with Gasteiger partial charge in [0.05, 0.1) is 5.69 Å². The molecule has 1 aromatic heterocycles. The fraction of sp³-hybridized carbons (Fsp3) is 0.467. The van der Waals surface area contributed by atoms with Gasteiger partial charge in [0.2, 0.25) is 0 Å². The lowest BCUT2D eigenvalue weighted by atomic mass is 10.2. The van der Waals surface area contributed by atoms with Crippen LogP contribution in [0.25, 0.3) is 0 Å². The Morgan fingerprint density at radius 1 is 1.50 bits per heavy atom. The van der Waals surface area contributed by atoms with E-state index in [1.165, 1.54) is 0 Å². The molecule has 110 valence electrons. The molecule has 0 aliphatic heterocycles. The number of carbonyl (C=O) groups excluding carboxylic acids is 1. The summed E-state index contributed by atoms with van der Waals surface area (Å²) in [5, 5.41) is 5.95. The van der Waals surface area contributed by atoms with E-state index < -0.39 is 0 Å². The molecule has 1 rings (SSSR count). The van der Waals surface area contributed by atoms with Crippen molar-refractivity contribution in [3.8, 4) is 5.75 Å². The Balaban J connectivity index is 2.58. The predicted octanol–water partition coefficient (Wildman–Crippen LogP) is 1.57. The molecule has 0 aliphatic carbocycles. The Morgan fingerprint density at radius 3 is 3.00 bits per heavy atom. The zero-order valence-corrected chi connectivity index (χ0v) is 12.2. The van der Waals surface area contributed by atoms with Gasteiger partial charge in [-0.2, -0.15) is 0 Å². The second kappa shape index (κ2) is 9.09. The molecule has 0 aliphatic rings. The quantitative estimate of drug-likeness (QED) is 0.531. The number of carbonyl (C=O) groups is 1. The Hall–Kier alpha value is -1.88. The molecule has 0 aromatic carbocycles. The van der Waals surface area contributed by atoms with Crippen molar-refractivity contribution in [2.75, 3.05) is 19.7 Å². The van der Waals surface area contributed by atoms with E-state index >= 15 is 0 Å². The maximum atomic E-state index is 11.5. The zero-order valence-electron chi connectivity index (χ0n) is 12.2. The summed E-state index contributed by atoms with van der Waals surface area (Å²) < 4.78 is 5.53. The molecule has 0 spiro atoms. The van der Waals surface area contributed by atoms with Crippen LogP contribution in [0.4, 0.5) is 0 Å². The van der Waals surface area contributed by atoms with Crippen molar-refractivity contribution >= 4 is 5.91 Å². The van der Waals surface area contributed by atoms with E-state index in [0.29, 0.717) is 18.8 Å². The van der Waals surface area contributed by atoms with Crippen molar-refractivity contribution in [2.24, 2.45) is 0 Å². The molecule has 0 saturated heterocycles. The van der Waals surface area contributed by atoms with Gasteiger partial charge >= 0.3 is 0 Å². The highest BCUT2D eigenvalue weighted by molar-refractivity contribution is 5.77. The third-order valence-electron chi connectivity index (χ3n) is 2.59. The van der Waals surface area contributed by atoms with Crippen LogP contribution in [0.1, 0.15) is 24.7 Å². The average Bonchev–Trinajstić information content (AvgIpc) is 2.44. The molecule has 0 unspecified atom stereocenters. The number of nitrogens with one attached hydrogen (secondary N) is 2. The van der Waals surface area contributed by atoms with Gasteiger partial charge in [0.15, 0.2) is 6.61 Å². The van der Waals surface area contributed by atoms with Crippen molar-refractivity contribution < 1.29 is 9.53 Å². The largest absolute Gasteiger partial charge is 0.482 e. The number of aryl methyl sites for hydroxylation is 1. The van der Waals surface area contributed by atoms with Gasteiger partial charge < -0.3 is 15.4 Å². The minimum atomic E-state index is -0.169. The molecule has 0 fully saturated rings. The molecule has 0 atom stereocenters. The van der Waals surface area contributed by atoms with Crippen molar-refractivity contribution in [3.05, 3.63) is 36.2 Å². The summed E-state index contributed by atoms with van der Waals surface area (Å²) in [7, 11) is 0. The highest BCUT2D eigenvalue weighted by Crippen LogP contribution is 2.16. The highest BCUT2D eigenvalue weighted by Gasteiger charge is 2.08. The molecule has 0 bridgehead atoms. The molecule has 0 radical (unpaired) electrons. The first-order valence-electron chi connectivity index (χ1n) is 6.85. The van der Waals surface area contributed by atoms with Crippen LogP contribution in [-0.2, 0) is 11.3 Å². The summed E-state index contributed by atoms with van der Waals surface area (Å²) in [6.07, 6.45) is 2.69. The molecule has 1 aromatic rings. The summed E-state index contributed by atoms with van der Waals surface area (Å²) in [6, 6.07) is 3.73. The fourth-order valence-electron chi connectivity index (χ4n) is 1.62. The van der Waals surface area contributed by atoms with E-state index in [9.17, 15) is 4.79 Å². The third-order valence-corrected chi connectivity index (χ3v) is 2.59. The van der Waals surface area contributed by atoms with E-state index in [1.54, 1.807) is 6.08 Å². The molecule has 0 saturated carbocycles. The summed E-state index contributed by atoms with van der Waals surface area (Å²) in [5.74, 6) is 0.478. The Morgan fingerprint density at radius 2 is 2.30 bits per heavy atom. The molecule has 20 heavy (non-hydrogen) atoms. The molecule has 1 amide bonds. The van der Waals surface area contributed by atoms with Gasteiger partial charge in [0, 0.05) is 18.8 Å². The molecule has 5 nitrogen and oxygen atoms in total.